The van der Waals surface area contributed by atoms with Crippen molar-refractivity contribution in [1.29, 1.82) is 0 Å². The maximum Gasteiger partial charge on any atom is 0.472 e. The van der Waals surface area contributed by atoms with Gasteiger partial charge < -0.3 is 20.1 Å². The molecule has 0 aromatic rings. The van der Waals surface area contributed by atoms with Crippen molar-refractivity contribution < 1.29 is 37.6 Å². The average molecular weight is 1360 g/mol. The van der Waals surface area contributed by atoms with Crippen LogP contribution in [0.15, 0.2) is 97.2 Å². The molecule has 0 heterocycles. The first-order valence-electron chi connectivity index (χ1n) is 41.2. The van der Waals surface area contributed by atoms with Gasteiger partial charge >= 0.3 is 19.8 Å². The van der Waals surface area contributed by atoms with E-state index < -0.39 is 26.5 Å². The van der Waals surface area contributed by atoms with E-state index in [1.54, 1.807) is 0 Å². The van der Waals surface area contributed by atoms with Gasteiger partial charge in [-0.05, 0) is 77.0 Å². The smallest absolute Gasteiger partial charge is 0.462 e. The second kappa shape index (κ2) is 80.9. The Morgan fingerprint density at radius 3 is 0.854 bits per heavy atom. The van der Waals surface area contributed by atoms with E-state index in [2.05, 4.69) is 111 Å². The quantitative estimate of drug-likeness (QED) is 0.0264. The molecule has 0 saturated heterocycles. The third kappa shape index (κ3) is 79.9. The zero-order valence-electron chi connectivity index (χ0n) is 63.1. The molecule has 0 aromatic carbocycles. The van der Waals surface area contributed by atoms with E-state index in [-0.39, 0.29) is 38.6 Å². The van der Waals surface area contributed by atoms with Crippen molar-refractivity contribution in [3.63, 3.8) is 0 Å². The molecule has 0 radical (unpaired) electrons. The summed E-state index contributed by atoms with van der Waals surface area (Å²) in [6, 6.07) is 0. The third-order valence-electron chi connectivity index (χ3n) is 18.2. The number of hydrogen-bond donors (Lipinski definition) is 2. The fourth-order valence-electron chi connectivity index (χ4n) is 12.2. The van der Waals surface area contributed by atoms with Gasteiger partial charge in [-0.1, -0.05) is 413 Å². The molecule has 9 nitrogen and oxygen atoms in total. The average Bonchev–Trinajstić information content (AvgIpc) is 3.21. The topological polar surface area (TPSA) is 134 Å². The Morgan fingerprint density at radius 1 is 0.323 bits per heavy atom. The van der Waals surface area contributed by atoms with Crippen LogP contribution >= 0.6 is 7.82 Å². The molecular weight excluding hydrogens is 1210 g/mol. The van der Waals surface area contributed by atoms with Gasteiger partial charge in [0.25, 0.3) is 0 Å². The van der Waals surface area contributed by atoms with Crippen molar-refractivity contribution in [3.05, 3.63) is 97.2 Å². The summed E-state index contributed by atoms with van der Waals surface area (Å²) in [6.45, 7) is 3.69. The molecule has 0 aliphatic carbocycles. The molecule has 0 aliphatic rings. The molecule has 0 rings (SSSR count). The van der Waals surface area contributed by atoms with Gasteiger partial charge in [-0.3, -0.25) is 18.6 Å². The third-order valence-corrected chi connectivity index (χ3v) is 19.2. The lowest BCUT2D eigenvalue weighted by Gasteiger charge is -2.19. The molecule has 3 N–H and O–H groups in total. The summed E-state index contributed by atoms with van der Waals surface area (Å²) in [5.74, 6) is -0.812. The molecule has 96 heavy (non-hydrogen) atoms. The van der Waals surface area contributed by atoms with Crippen molar-refractivity contribution in [2.24, 2.45) is 5.73 Å². The molecule has 0 fully saturated rings. The van der Waals surface area contributed by atoms with Gasteiger partial charge in [-0.2, -0.15) is 0 Å². The van der Waals surface area contributed by atoms with Gasteiger partial charge in [0.1, 0.15) is 6.61 Å². The van der Waals surface area contributed by atoms with Crippen molar-refractivity contribution in [2.45, 2.75) is 412 Å². The molecule has 0 spiro atoms. The van der Waals surface area contributed by atoms with Crippen LogP contribution < -0.4 is 5.73 Å². The van der Waals surface area contributed by atoms with Crippen molar-refractivity contribution in [3.8, 4) is 0 Å². The minimum Gasteiger partial charge on any atom is -0.462 e. The number of unbranched alkanes of at least 4 members (excludes halogenated alkanes) is 49. The van der Waals surface area contributed by atoms with Gasteiger partial charge in [0.15, 0.2) is 6.10 Å². The number of esters is 2. The van der Waals surface area contributed by atoms with E-state index >= 15 is 0 Å². The molecule has 10 heteroatoms. The highest BCUT2D eigenvalue weighted by Gasteiger charge is 2.26. The lowest BCUT2D eigenvalue weighted by Crippen LogP contribution is -2.29. The molecule has 0 saturated carbocycles. The van der Waals surface area contributed by atoms with E-state index in [0.717, 1.165) is 89.9 Å². The predicted molar refractivity (Wildman–Crippen MR) is 418 cm³/mol. The fourth-order valence-corrected chi connectivity index (χ4v) is 13.0. The Hall–Kier alpha value is -3.07. The molecule has 2 unspecified atom stereocenters. The van der Waals surface area contributed by atoms with E-state index in [1.165, 1.54) is 283 Å². The number of hydrogen-bond acceptors (Lipinski definition) is 8. The Morgan fingerprint density at radius 2 is 0.573 bits per heavy atom. The molecule has 558 valence electrons. The van der Waals surface area contributed by atoms with E-state index in [9.17, 15) is 19.0 Å². The van der Waals surface area contributed by atoms with Gasteiger partial charge in [-0.15, -0.1) is 0 Å². The minimum atomic E-state index is -4.40. The molecule has 0 amide bonds. The highest BCUT2D eigenvalue weighted by Crippen LogP contribution is 2.43. The van der Waals surface area contributed by atoms with Gasteiger partial charge in [-0.25, -0.2) is 4.57 Å². The molecule has 0 bridgehead atoms. The van der Waals surface area contributed by atoms with E-state index in [4.69, 9.17) is 24.3 Å². The number of ether oxygens (including phenoxy) is 2. The zero-order valence-corrected chi connectivity index (χ0v) is 64.0. The highest BCUT2D eigenvalue weighted by atomic mass is 31.2. The normalized spacial score (nSPS) is 13.3. The first-order valence-corrected chi connectivity index (χ1v) is 42.7. The standard InChI is InChI=1S/C86H156NO8P/c1-3-5-7-9-11-13-15-17-19-21-23-25-27-29-31-33-35-37-39-41-42-43-45-47-49-51-53-55-57-59-61-63-65-67-69-71-73-75-77-79-86(89)95-84(83-94-96(90,91)93-81-80-87)82-92-85(88)78-76-74-72-70-68-66-64-62-60-58-56-54-52-50-48-46-44-40-38-36-34-32-30-28-26-24-22-20-18-16-14-12-10-8-6-4-2/h5,7,11,13,17,19,23,25,29,31,35,37,41-42,45,47,84H,3-4,6,8-10,12,14-16,18,20-22,24,26-28,30,32-34,36,38-40,43-44,46,48-83,87H2,1-2H3,(H,90,91)/b7-5-,13-11-,19-17-,25-23-,31-29-,37-35-,42-41-,47-45-. The number of carbonyl (C=O) groups excluding carboxylic acids is 2. The Balaban J connectivity index is 3.79. The Bertz CT molecular complexity index is 1900. The SMILES string of the molecule is CC/C=C\C/C=C\C/C=C\C/C=C\C/C=C\C/C=C\C/C=C\C/C=C\CCCCCCCCCCCCCCCCC(=O)OC(COC(=O)CCCCCCCCCCCCCCCCCCCCCCCCCCCCCCCCCCCCCC)COP(=O)(O)OCCN. The summed E-state index contributed by atoms with van der Waals surface area (Å²) in [5, 5.41) is 0. The number of nitrogens with two attached hydrogens (primary N) is 1. The van der Waals surface area contributed by atoms with Crippen LogP contribution in [0.2, 0.25) is 0 Å². The van der Waals surface area contributed by atoms with Crippen LogP contribution in [0.5, 0.6) is 0 Å². The summed E-state index contributed by atoms with van der Waals surface area (Å²) in [4.78, 5) is 35.5. The molecule has 2 atom stereocenters. The van der Waals surface area contributed by atoms with Crippen LogP contribution in [0.3, 0.4) is 0 Å². The van der Waals surface area contributed by atoms with Crippen LogP contribution in [0.4, 0.5) is 0 Å². The monoisotopic (exact) mass is 1360 g/mol. The minimum absolute atomic E-state index is 0.0525. The summed E-state index contributed by atoms with van der Waals surface area (Å²) in [7, 11) is -4.40. The fraction of sp³-hybridized carbons (Fsp3) is 0.791. The largest absolute Gasteiger partial charge is 0.472 e. The Labute approximate surface area is 595 Å². The summed E-state index contributed by atoms with van der Waals surface area (Å²) >= 11 is 0. The van der Waals surface area contributed by atoms with Crippen LogP contribution in [0.1, 0.15) is 406 Å². The maximum atomic E-state index is 12.8. The lowest BCUT2D eigenvalue weighted by molar-refractivity contribution is -0.161. The first-order chi connectivity index (χ1) is 47.3. The van der Waals surface area contributed by atoms with Crippen LogP contribution in [0.25, 0.3) is 0 Å². The number of carbonyl (C=O) groups is 2. The number of phosphoric ester groups is 1. The predicted octanol–water partition coefficient (Wildman–Crippen LogP) is 27.8. The van der Waals surface area contributed by atoms with Crippen LogP contribution in [-0.4, -0.2) is 49.3 Å². The molecular formula is C86H156NO8P. The maximum absolute atomic E-state index is 12.8. The van der Waals surface area contributed by atoms with Gasteiger partial charge in [0.05, 0.1) is 13.2 Å². The highest BCUT2D eigenvalue weighted by molar-refractivity contribution is 7.47. The lowest BCUT2D eigenvalue weighted by atomic mass is 10.0. The van der Waals surface area contributed by atoms with Crippen LogP contribution in [-0.2, 0) is 32.7 Å². The second-order valence-corrected chi connectivity index (χ2v) is 29.1. The zero-order chi connectivity index (χ0) is 69.3. The Kier molecular flexibility index (Phi) is 78.3. The van der Waals surface area contributed by atoms with Crippen molar-refractivity contribution in [1.82, 2.24) is 0 Å². The summed E-state index contributed by atoms with van der Waals surface area (Å²) in [6.07, 6.45) is 111. The van der Waals surface area contributed by atoms with Crippen molar-refractivity contribution >= 4 is 19.8 Å². The number of phosphoric acid groups is 1. The second-order valence-electron chi connectivity index (χ2n) is 27.6. The van der Waals surface area contributed by atoms with E-state index in [0.29, 0.717) is 6.42 Å². The number of rotatable bonds is 78. The first kappa shape index (κ1) is 92.9. The summed E-state index contributed by atoms with van der Waals surface area (Å²) < 4.78 is 33.3. The van der Waals surface area contributed by atoms with Crippen molar-refractivity contribution in [2.75, 3.05) is 26.4 Å². The molecule has 0 aliphatic heterocycles. The van der Waals surface area contributed by atoms with E-state index in [1.807, 2.05) is 0 Å². The number of allylic oxidation sites excluding steroid dienone is 16. The van der Waals surface area contributed by atoms with Gasteiger partial charge in [0, 0.05) is 19.4 Å². The van der Waals surface area contributed by atoms with Gasteiger partial charge in [0.2, 0.25) is 0 Å². The summed E-state index contributed by atoms with van der Waals surface area (Å²) in [5.41, 5.74) is 5.42. The molecule has 0 aromatic heterocycles. The van der Waals surface area contributed by atoms with Crippen LogP contribution in [0, 0.1) is 0 Å².